The fourth-order valence-corrected chi connectivity index (χ4v) is 2.36. The SMILES string of the molecule is CC(C)C(C(N)=O)n1c(=O)[nH]c2c(C(=O)O)cccc21. The van der Waals surface area contributed by atoms with E-state index in [4.69, 9.17) is 10.8 Å². The maximum atomic E-state index is 12.1. The highest BCUT2D eigenvalue weighted by Gasteiger charge is 2.26. The lowest BCUT2D eigenvalue weighted by atomic mass is 10.0. The molecule has 0 aliphatic heterocycles. The zero-order valence-corrected chi connectivity index (χ0v) is 11.1. The molecule has 1 aromatic heterocycles. The second-order valence-corrected chi connectivity index (χ2v) is 4.90. The number of imidazole rings is 1. The number of carbonyl (C=O) groups excluding carboxylic acids is 1. The highest BCUT2D eigenvalue weighted by molar-refractivity contribution is 6.01. The second-order valence-electron chi connectivity index (χ2n) is 4.90. The van der Waals surface area contributed by atoms with Gasteiger partial charge in [0.15, 0.2) is 0 Å². The number of nitrogens with one attached hydrogen (secondary N) is 1. The van der Waals surface area contributed by atoms with Crippen LogP contribution in [0.1, 0.15) is 30.2 Å². The van der Waals surface area contributed by atoms with Crippen LogP contribution in [0, 0.1) is 5.92 Å². The van der Waals surface area contributed by atoms with Crippen molar-refractivity contribution >= 4 is 22.9 Å². The summed E-state index contributed by atoms with van der Waals surface area (Å²) >= 11 is 0. The number of para-hydroxylation sites is 1. The Morgan fingerprint density at radius 1 is 1.35 bits per heavy atom. The smallest absolute Gasteiger partial charge is 0.337 e. The summed E-state index contributed by atoms with van der Waals surface area (Å²) in [6, 6.07) is 3.66. The summed E-state index contributed by atoms with van der Waals surface area (Å²) in [5.41, 5.74) is 5.33. The van der Waals surface area contributed by atoms with Gasteiger partial charge >= 0.3 is 11.7 Å². The topological polar surface area (TPSA) is 118 Å². The number of nitrogens with two attached hydrogens (primary N) is 1. The van der Waals surface area contributed by atoms with E-state index in [0.29, 0.717) is 5.52 Å². The molecule has 0 radical (unpaired) electrons. The number of aromatic carboxylic acids is 1. The number of carboxylic acids is 1. The molecule has 1 amide bonds. The first-order valence-electron chi connectivity index (χ1n) is 6.10. The second kappa shape index (κ2) is 4.84. The summed E-state index contributed by atoms with van der Waals surface area (Å²) in [7, 11) is 0. The van der Waals surface area contributed by atoms with Gasteiger partial charge in [-0.1, -0.05) is 19.9 Å². The van der Waals surface area contributed by atoms with Crippen molar-refractivity contribution in [3.63, 3.8) is 0 Å². The number of rotatable bonds is 4. The number of amides is 1. The quantitative estimate of drug-likeness (QED) is 0.762. The monoisotopic (exact) mass is 277 g/mol. The van der Waals surface area contributed by atoms with Gasteiger partial charge in [-0.25, -0.2) is 9.59 Å². The predicted octanol–water partition coefficient (Wildman–Crippen LogP) is 0.710. The number of fused-ring (bicyclic) bond motifs is 1. The Balaban J connectivity index is 2.81. The first-order chi connectivity index (χ1) is 9.34. The summed E-state index contributed by atoms with van der Waals surface area (Å²) in [6.07, 6.45) is 0. The fourth-order valence-electron chi connectivity index (χ4n) is 2.36. The number of hydrogen-bond donors (Lipinski definition) is 3. The minimum Gasteiger partial charge on any atom is -0.478 e. The molecule has 106 valence electrons. The maximum Gasteiger partial charge on any atom is 0.337 e. The standard InChI is InChI=1S/C13H15N3O4/c1-6(2)10(11(14)17)16-8-5-3-4-7(12(18)19)9(8)15-13(16)20/h3-6,10H,1-2H3,(H2,14,17)(H,15,20)(H,18,19). The minimum atomic E-state index is -1.15. The van der Waals surface area contributed by atoms with Gasteiger partial charge in [0, 0.05) is 0 Å². The molecule has 0 saturated heterocycles. The molecule has 0 aliphatic rings. The Hall–Kier alpha value is -2.57. The van der Waals surface area contributed by atoms with Gasteiger partial charge in [-0.05, 0) is 18.1 Å². The molecule has 2 rings (SSSR count). The van der Waals surface area contributed by atoms with E-state index in [1.807, 2.05) is 0 Å². The van der Waals surface area contributed by atoms with Crippen molar-refractivity contribution in [2.75, 3.05) is 0 Å². The van der Waals surface area contributed by atoms with Crippen LogP contribution in [-0.2, 0) is 4.79 Å². The lowest BCUT2D eigenvalue weighted by molar-refractivity contribution is -0.122. The van der Waals surface area contributed by atoms with E-state index in [2.05, 4.69) is 4.98 Å². The van der Waals surface area contributed by atoms with Gasteiger partial charge in [-0.15, -0.1) is 0 Å². The Morgan fingerprint density at radius 2 is 2.00 bits per heavy atom. The predicted molar refractivity (Wildman–Crippen MR) is 72.6 cm³/mol. The highest BCUT2D eigenvalue weighted by atomic mass is 16.4. The number of aromatic nitrogens is 2. The van der Waals surface area contributed by atoms with Crippen molar-refractivity contribution in [3.05, 3.63) is 34.2 Å². The molecule has 0 saturated carbocycles. The minimum absolute atomic E-state index is 0.0228. The van der Waals surface area contributed by atoms with E-state index in [-0.39, 0.29) is 17.0 Å². The van der Waals surface area contributed by atoms with Crippen molar-refractivity contribution in [1.29, 1.82) is 0 Å². The summed E-state index contributed by atoms with van der Waals surface area (Å²) in [6.45, 7) is 3.53. The first kappa shape index (κ1) is 13.9. The third-order valence-electron chi connectivity index (χ3n) is 3.18. The van der Waals surface area contributed by atoms with E-state index in [1.54, 1.807) is 19.9 Å². The first-order valence-corrected chi connectivity index (χ1v) is 6.10. The van der Waals surface area contributed by atoms with Crippen molar-refractivity contribution in [3.8, 4) is 0 Å². The molecule has 4 N–H and O–H groups in total. The summed E-state index contributed by atoms with van der Waals surface area (Å²) in [5, 5.41) is 9.12. The zero-order chi connectivity index (χ0) is 15.0. The Morgan fingerprint density at radius 3 is 2.50 bits per heavy atom. The van der Waals surface area contributed by atoms with E-state index in [9.17, 15) is 14.4 Å². The molecule has 7 nitrogen and oxygen atoms in total. The van der Waals surface area contributed by atoms with Crippen molar-refractivity contribution < 1.29 is 14.7 Å². The molecule has 1 heterocycles. The van der Waals surface area contributed by atoms with Crippen LogP contribution in [0.3, 0.4) is 0 Å². The molecular weight excluding hydrogens is 262 g/mol. The number of aromatic amines is 1. The molecule has 2 aromatic rings. The van der Waals surface area contributed by atoms with Crippen LogP contribution >= 0.6 is 0 Å². The van der Waals surface area contributed by atoms with Gasteiger partial charge in [-0.2, -0.15) is 0 Å². The fraction of sp³-hybridized carbons (Fsp3) is 0.308. The number of hydrogen-bond acceptors (Lipinski definition) is 3. The molecule has 1 unspecified atom stereocenters. The summed E-state index contributed by atoms with van der Waals surface area (Å²) < 4.78 is 1.22. The molecule has 20 heavy (non-hydrogen) atoms. The van der Waals surface area contributed by atoms with Crippen LogP contribution in [0.2, 0.25) is 0 Å². The number of carbonyl (C=O) groups is 2. The number of H-pyrrole nitrogens is 1. The van der Waals surface area contributed by atoms with Crippen LogP contribution in [0.5, 0.6) is 0 Å². The van der Waals surface area contributed by atoms with Gasteiger partial charge < -0.3 is 15.8 Å². The molecule has 0 aliphatic carbocycles. The number of benzene rings is 1. The van der Waals surface area contributed by atoms with E-state index in [1.165, 1.54) is 16.7 Å². The lowest BCUT2D eigenvalue weighted by Gasteiger charge is -2.18. The van der Waals surface area contributed by atoms with Gasteiger partial charge in [0.1, 0.15) is 6.04 Å². The van der Waals surface area contributed by atoms with Gasteiger partial charge in [0.05, 0.1) is 16.6 Å². The average molecular weight is 277 g/mol. The van der Waals surface area contributed by atoms with Crippen molar-refractivity contribution in [1.82, 2.24) is 9.55 Å². The molecule has 7 heteroatoms. The zero-order valence-electron chi connectivity index (χ0n) is 11.1. The van der Waals surface area contributed by atoms with Gasteiger partial charge in [0.2, 0.25) is 5.91 Å². The van der Waals surface area contributed by atoms with Crippen LogP contribution in [-0.4, -0.2) is 26.5 Å². The summed E-state index contributed by atoms with van der Waals surface area (Å²) in [5.74, 6) is -1.98. The van der Waals surface area contributed by atoms with Crippen molar-refractivity contribution in [2.24, 2.45) is 11.7 Å². The van der Waals surface area contributed by atoms with E-state index >= 15 is 0 Å². The van der Waals surface area contributed by atoms with Crippen LogP contribution < -0.4 is 11.4 Å². The molecule has 0 fully saturated rings. The third kappa shape index (κ3) is 2.07. The molecule has 0 spiro atoms. The van der Waals surface area contributed by atoms with E-state index in [0.717, 1.165) is 0 Å². The van der Waals surface area contributed by atoms with E-state index < -0.39 is 23.6 Å². The normalized spacial score (nSPS) is 12.8. The highest BCUT2D eigenvalue weighted by Crippen LogP contribution is 2.23. The van der Waals surface area contributed by atoms with Gasteiger partial charge in [0.25, 0.3) is 0 Å². The molecule has 1 atom stereocenters. The maximum absolute atomic E-state index is 12.1. The Labute approximate surface area is 114 Å². The van der Waals surface area contributed by atoms with Crippen LogP contribution in [0.4, 0.5) is 0 Å². The molecule has 0 bridgehead atoms. The van der Waals surface area contributed by atoms with Gasteiger partial charge in [-0.3, -0.25) is 9.36 Å². The summed E-state index contributed by atoms with van der Waals surface area (Å²) in [4.78, 5) is 37.3. The molecule has 1 aromatic carbocycles. The van der Waals surface area contributed by atoms with Crippen molar-refractivity contribution in [2.45, 2.75) is 19.9 Å². The molecular formula is C13H15N3O4. The number of nitrogens with zero attached hydrogens (tertiary/aromatic N) is 1. The third-order valence-corrected chi connectivity index (χ3v) is 3.18. The number of carboxylic acid groups (broad SMARTS) is 1. The lowest BCUT2D eigenvalue weighted by Crippen LogP contribution is -2.35. The van der Waals surface area contributed by atoms with Crippen LogP contribution in [0.25, 0.3) is 11.0 Å². The van der Waals surface area contributed by atoms with Crippen LogP contribution in [0.15, 0.2) is 23.0 Å². The number of primary amides is 1. The largest absolute Gasteiger partial charge is 0.478 e. The Kier molecular flexibility index (Phi) is 3.35. The average Bonchev–Trinajstić information content (AvgIpc) is 2.65. The Bertz CT molecular complexity index is 742.